The lowest BCUT2D eigenvalue weighted by molar-refractivity contribution is 0.670. The number of allylic oxidation sites excluding steroid dienone is 1. The van der Waals surface area contributed by atoms with Gasteiger partial charge in [-0.1, -0.05) is 19.9 Å². The summed E-state index contributed by atoms with van der Waals surface area (Å²) in [5, 5.41) is 0.413. The van der Waals surface area contributed by atoms with Gasteiger partial charge in [0.1, 0.15) is 11.0 Å². The van der Waals surface area contributed by atoms with Crippen molar-refractivity contribution in [2.75, 3.05) is 0 Å². The molecule has 74 valence electrons. The molecule has 2 unspecified atom stereocenters. The smallest absolute Gasteiger partial charge is 0.120 e. The Labute approximate surface area is 82.4 Å². The minimum atomic E-state index is -0.838. The third kappa shape index (κ3) is 2.13. The van der Waals surface area contributed by atoms with Crippen LogP contribution in [0.4, 0.5) is 0 Å². The molecule has 0 amide bonds. The summed E-state index contributed by atoms with van der Waals surface area (Å²) in [6.07, 6.45) is 4.70. The quantitative estimate of drug-likeness (QED) is 0.720. The van der Waals surface area contributed by atoms with Gasteiger partial charge < -0.3 is 4.72 Å². The lowest BCUT2D eigenvalue weighted by Gasteiger charge is -2.07. The molecule has 2 nitrogen and oxygen atoms in total. The Kier molecular flexibility index (Phi) is 2.45. The van der Waals surface area contributed by atoms with Gasteiger partial charge in [-0.25, -0.2) is 4.21 Å². The molecule has 0 aromatic carbocycles. The van der Waals surface area contributed by atoms with Gasteiger partial charge in [-0.15, -0.1) is 0 Å². The Morgan fingerprint density at radius 2 is 2.31 bits per heavy atom. The fourth-order valence-corrected chi connectivity index (χ4v) is 2.84. The van der Waals surface area contributed by atoms with Crippen LogP contribution in [0.2, 0.25) is 0 Å². The van der Waals surface area contributed by atoms with Crippen LogP contribution in [0.5, 0.6) is 0 Å². The molecule has 13 heavy (non-hydrogen) atoms. The molecule has 2 aliphatic carbocycles. The molecular formula is C10H17NOS. The van der Waals surface area contributed by atoms with Gasteiger partial charge >= 0.3 is 0 Å². The second kappa shape index (κ2) is 3.45. The molecule has 0 heterocycles. The summed E-state index contributed by atoms with van der Waals surface area (Å²) >= 11 is 0. The summed E-state index contributed by atoms with van der Waals surface area (Å²) in [5.41, 5.74) is 1.01. The predicted molar refractivity (Wildman–Crippen MR) is 55.3 cm³/mol. The molecule has 0 aliphatic heterocycles. The summed E-state index contributed by atoms with van der Waals surface area (Å²) in [6.45, 7) is 6.17. The van der Waals surface area contributed by atoms with Crippen LogP contribution >= 0.6 is 0 Å². The summed E-state index contributed by atoms with van der Waals surface area (Å²) in [7, 11) is -0.838. The van der Waals surface area contributed by atoms with E-state index in [0.29, 0.717) is 11.2 Å². The van der Waals surface area contributed by atoms with Crippen LogP contribution in [0, 0.1) is 11.8 Å². The molecule has 0 radical (unpaired) electrons. The van der Waals surface area contributed by atoms with E-state index in [1.165, 1.54) is 12.8 Å². The van der Waals surface area contributed by atoms with Crippen LogP contribution in [-0.2, 0) is 11.0 Å². The van der Waals surface area contributed by atoms with Crippen molar-refractivity contribution in [3.63, 3.8) is 0 Å². The SMILES string of the molecule is C=C(NS(=O)C1CC1)C1C[C@H]1CC. The topological polar surface area (TPSA) is 29.1 Å². The molecule has 2 aliphatic rings. The normalized spacial score (nSPS) is 33.9. The number of hydrogen-bond donors (Lipinski definition) is 1. The average molecular weight is 199 g/mol. The van der Waals surface area contributed by atoms with Gasteiger partial charge in [0.05, 0.1) is 5.25 Å². The van der Waals surface area contributed by atoms with Crippen LogP contribution in [-0.4, -0.2) is 9.46 Å². The average Bonchev–Trinajstić information content (AvgIpc) is 2.98. The standard InChI is InChI=1S/C10H17NOS/c1-3-8-6-10(8)7(2)11-13(12)9-4-5-9/h8-11H,2-6H2,1H3/t8-,10?,13?/m1/s1. The van der Waals surface area contributed by atoms with Crippen molar-refractivity contribution in [2.45, 2.75) is 37.9 Å². The fourth-order valence-electron chi connectivity index (χ4n) is 1.70. The lowest BCUT2D eigenvalue weighted by atomic mass is 10.2. The Balaban J connectivity index is 1.75. The second-order valence-corrected chi connectivity index (χ2v) is 5.60. The van der Waals surface area contributed by atoms with E-state index in [0.717, 1.165) is 24.5 Å². The van der Waals surface area contributed by atoms with Crippen molar-refractivity contribution in [1.29, 1.82) is 0 Å². The van der Waals surface area contributed by atoms with Crippen LogP contribution in [0.25, 0.3) is 0 Å². The first-order chi connectivity index (χ1) is 6.22. The van der Waals surface area contributed by atoms with Gasteiger partial charge in [-0.05, 0) is 25.2 Å². The van der Waals surface area contributed by atoms with Crippen molar-refractivity contribution in [2.24, 2.45) is 11.8 Å². The highest BCUT2D eigenvalue weighted by atomic mass is 32.2. The van der Waals surface area contributed by atoms with E-state index in [4.69, 9.17) is 0 Å². The van der Waals surface area contributed by atoms with Crippen LogP contribution in [0.1, 0.15) is 32.6 Å². The zero-order chi connectivity index (χ0) is 9.42. The molecule has 3 atom stereocenters. The van der Waals surface area contributed by atoms with Crippen LogP contribution in [0.15, 0.2) is 12.3 Å². The summed E-state index contributed by atoms with van der Waals surface area (Å²) in [4.78, 5) is 0. The van der Waals surface area contributed by atoms with Gasteiger partial charge in [0.2, 0.25) is 0 Å². The number of rotatable bonds is 5. The van der Waals surface area contributed by atoms with Crippen molar-refractivity contribution >= 4 is 11.0 Å². The summed E-state index contributed by atoms with van der Waals surface area (Å²) in [6, 6.07) is 0. The molecule has 1 N–H and O–H groups in total. The maximum absolute atomic E-state index is 11.5. The highest BCUT2D eigenvalue weighted by molar-refractivity contribution is 7.84. The minimum absolute atomic E-state index is 0.413. The van der Waals surface area contributed by atoms with Gasteiger partial charge in [0.15, 0.2) is 0 Å². The van der Waals surface area contributed by atoms with Gasteiger partial charge in [-0.3, -0.25) is 0 Å². The molecule has 2 fully saturated rings. The van der Waals surface area contributed by atoms with E-state index in [1.54, 1.807) is 0 Å². The first kappa shape index (κ1) is 9.25. The first-order valence-electron chi connectivity index (χ1n) is 5.08. The molecule has 0 spiro atoms. The Bertz CT molecular complexity index is 247. The molecule has 0 aromatic heterocycles. The third-order valence-corrected chi connectivity index (χ3v) is 4.49. The van der Waals surface area contributed by atoms with Crippen molar-refractivity contribution in [3.05, 3.63) is 12.3 Å². The Hall–Kier alpha value is -0.310. The van der Waals surface area contributed by atoms with Crippen molar-refractivity contribution < 1.29 is 4.21 Å². The fraction of sp³-hybridized carbons (Fsp3) is 0.800. The third-order valence-electron chi connectivity index (χ3n) is 2.95. The van der Waals surface area contributed by atoms with Crippen molar-refractivity contribution in [1.82, 2.24) is 4.72 Å². The Morgan fingerprint density at radius 1 is 1.62 bits per heavy atom. The van der Waals surface area contributed by atoms with E-state index in [9.17, 15) is 4.21 Å². The summed E-state index contributed by atoms with van der Waals surface area (Å²) in [5.74, 6) is 1.41. The summed E-state index contributed by atoms with van der Waals surface area (Å²) < 4.78 is 14.5. The van der Waals surface area contributed by atoms with Crippen LogP contribution in [0.3, 0.4) is 0 Å². The molecule has 2 saturated carbocycles. The van der Waals surface area contributed by atoms with E-state index < -0.39 is 11.0 Å². The number of hydrogen-bond acceptors (Lipinski definition) is 1. The van der Waals surface area contributed by atoms with Gasteiger partial charge in [0.25, 0.3) is 0 Å². The van der Waals surface area contributed by atoms with Gasteiger partial charge in [-0.2, -0.15) is 0 Å². The van der Waals surface area contributed by atoms with E-state index in [2.05, 4.69) is 18.2 Å². The molecule has 0 aromatic rings. The first-order valence-corrected chi connectivity index (χ1v) is 6.29. The van der Waals surface area contributed by atoms with Crippen molar-refractivity contribution in [3.8, 4) is 0 Å². The van der Waals surface area contributed by atoms with E-state index in [1.807, 2.05) is 0 Å². The predicted octanol–water partition coefficient (Wildman–Crippen LogP) is 1.96. The number of nitrogens with one attached hydrogen (secondary N) is 1. The lowest BCUT2D eigenvalue weighted by Crippen LogP contribution is -2.20. The maximum atomic E-state index is 11.5. The molecule has 0 saturated heterocycles. The molecule has 2 rings (SSSR count). The zero-order valence-electron chi connectivity index (χ0n) is 8.08. The van der Waals surface area contributed by atoms with Crippen LogP contribution < -0.4 is 4.72 Å². The molecular weight excluding hydrogens is 182 g/mol. The zero-order valence-corrected chi connectivity index (χ0v) is 8.90. The second-order valence-electron chi connectivity index (χ2n) is 4.13. The highest BCUT2D eigenvalue weighted by Gasteiger charge is 2.39. The molecule has 3 heteroatoms. The molecule has 0 bridgehead atoms. The largest absolute Gasteiger partial charge is 0.309 e. The van der Waals surface area contributed by atoms with E-state index in [-0.39, 0.29) is 0 Å². The Morgan fingerprint density at radius 3 is 2.77 bits per heavy atom. The maximum Gasteiger partial charge on any atom is 0.120 e. The van der Waals surface area contributed by atoms with E-state index >= 15 is 0 Å². The monoisotopic (exact) mass is 199 g/mol. The highest BCUT2D eigenvalue weighted by Crippen LogP contribution is 2.45. The minimum Gasteiger partial charge on any atom is -0.309 e. The van der Waals surface area contributed by atoms with Gasteiger partial charge in [0, 0.05) is 11.6 Å².